The van der Waals surface area contributed by atoms with Crippen LogP contribution in [0.15, 0.2) is 18.2 Å². The number of nitrogens with one attached hydrogen (secondary N) is 2. The van der Waals surface area contributed by atoms with Crippen LogP contribution in [0.3, 0.4) is 0 Å². The Hall–Kier alpha value is -2.04. The van der Waals surface area contributed by atoms with Gasteiger partial charge in [-0.2, -0.15) is 26.3 Å². The fourth-order valence-electron chi connectivity index (χ4n) is 4.53. The average molecular weight is 456 g/mol. The number of halogens is 7. The predicted octanol–water partition coefficient (Wildman–Crippen LogP) is 4.54. The maximum atomic E-state index is 14.4. The monoisotopic (exact) mass is 456 g/mol. The molecule has 0 unspecified atom stereocenters. The highest BCUT2D eigenvalue weighted by atomic mass is 19.4. The smallest absolute Gasteiger partial charge is 0.390 e. The molecular weight excluding hydrogens is 433 g/mol. The Labute approximate surface area is 174 Å². The van der Waals surface area contributed by atoms with Crippen molar-refractivity contribution in [2.24, 2.45) is 5.92 Å². The van der Waals surface area contributed by atoms with Crippen LogP contribution in [0.4, 0.5) is 36.4 Å². The highest BCUT2D eigenvalue weighted by Crippen LogP contribution is 2.55. The molecule has 4 nitrogen and oxygen atoms in total. The van der Waals surface area contributed by atoms with Crippen LogP contribution >= 0.6 is 0 Å². The molecule has 0 bridgehead atoms. The molecule has 3 rings (SSSR count). The summed E-state index contributed by atoms with van der Waals surface area (Å²) in [6.45, 7) is 3.19. The fourth-order valence-corrected chi connectivity index (χ4v) is 4.53. The van der Waals surface area contributed by atoms with E-state index in [4.69, 9.17) is 0 Å². The van der Waals surface area contributed by atoms with E-state index >= 15 is 0 Å². The van der Waals surface area contributed by atoms with Crippen LogP contribution in [-0.4, -0.2) is 41.6 Å². The van der Waals surface area contributed by atoms with Crippen LogP contribution in [0.5, 0.6) is 0 Å². The quantitative estimate of drug-likeness (QED) is 0.583. The van der Waals surface area contributed by atoms with Gasteiger partial charge >= 0.3 is 18.0 Å². The summed E-state index contributed by atoms with van der Waals surface area (Å²) in [5.41, 5.74) is -7.67. The number of aliphatic hydroxyl groups is 1. The second kappa shape index (κ2) is 7.53. The van der Waals surface area contributed by atoms with E-state index in [-0.39, 0.29) is 42.4 Å². The first-order valence-electron chi connectivity index (χ1n) is 9.77. The Kier molecular flexibility index (Phi) is 5.74. The number of anilines is 1. The number of alkyl halides is 7. The minimum atomic E-state index is -6.17. The van der Waals surface area contributed by atoms with Crippen LogP contribution in [0.1, 0.15) is 50.2 Å². The number of benzene rings is 1. The summed E-state index contributed by atoms with van der Waals surface area (Å²) in [4.78, 5) is 12.1. The molecule has 0 aromatic heterocycles. The van der Waals surface area contributed by atoms with Crippen molar-refractivity contribution in [2.45, 2.75) is 68.7 Å². The van der Waals surface area contributed by atoms with Crippen LogP contribution in [0.25, 0.3) is 0 Å². The molecule has 174 valence electrons. The molecule has 3 N–H and O–H groups in total. The number of rotatable bonds is 4. The molecule has 11 heteroatoms. The maximum Gasteiger partial charge on any atom is 0.435 e. The van der Waals surface area contributed by atoms with Gasteiger partial charge in [0.2, 0.25) is 5.91 Å². The maximum absolute atomic E-state index is 14.4. The summed E-state index contributed by atoms with van der Waals surface area (Å²) in [5.74, 6) is -0.690. The normalized spacial score (nSPS) is 24.3. The zero-order valence-electron chi connectivity index (χ0n) is 16.8. The molecule has 1 aromatic carbocycles. The Balaban J connectivity index is 1.85. The molecule has 1 fully saturated rings. The first-order chi connectivity index (χ1) is 14.0. The molecular formula is C20H23F7N2O2. The van der Waals surface area contributed by atoms with E-state index in [1.54, 1.807) is 0 Å². The molecule has 3 atom stereocenters. The van der Waals surface area contributed by atoms with Gasteiger partial charge in [-0.05, 0) is 44.2 Å². The Morgan fingerprint density at radius 1 is 1.10 bits per heavy atom. The number of carbonyl (C=O) groups is 1. The largest absolute Gasteiger partial charge is 0.435 e. The van der Waals surface area contributed by atoms with Gasteiger partial charge in [0.15, 0.2) is 0 Å². The lowest BCUT2D eigenvalue weighted by Crippen LogP contribution is -2.50. The third-order valence-electron chi connectivity index (χ3n) is 5.92. The molecule has 1 aliphatic carbocycles. The molecule has 1 saturated carbocycles. The summed E-state index contributed by atoms with van der Waals surface area (Å²) in [6, 6.07) is 1.95. The first kappa shape index (κ1) is 23.6. The van der Waals surface area contributed by atoms with E-state index in [0.29, 0.717) is 30.5 Å². The summed E-state index contributed by atoms with van der Waals surface area (Å²) < 4.78 is 92.7. The van der Waals surface area contributed by atoms with E-state index in [0.717, 1.165) is 6.07 Å². The number of amides is 1. The number of hydrogen-bond donors (Lipinski definition) is 3. The summed E-state index contributed by atoms with van der Waals surface area (Å²) in [6.07, 6.45) is -11.3. The lowest BCUT2D eigenvalue weighted by atomic mass is 9.81. The van der Waals surface area contributed by atoms with Crippen molar-refractivity contribution in [3.05, 3.63) is 29.3 Å². The summed E-state index contributed by atoms with van der Waals surface area (Å²) in [7, 11) is 0. The van der Waals surface area contributed by atoms with E-state index in [1.807, 2.05) is 0 Å². The van der Waals surface area contributed by atoms with Crippen molar-refractivity contribution >= 4 is 11.6 Å². The summed E-state index contributed by atoms with van der Waals surface area (Å²) >= 11 is 0. The van der Waals surface area contributed by atoms with Crippen molar-refractivity contribution in [1.82, 2.24) is 5.32 Å². The van der Waals surface area contributed by atoms with E-state index < -0.39 is 29.2 Å². The molecule has 0 radical (unpaired) electrons. The van der Waals surface area contributed by atoms with Gasteiger partial charge in [-0.15, -0.1) is 0 Å². The number of hydrogen-bond acceptors (Lipinski definition) is 3. The van der Waals surface area contributed by atoms with Crippen molar-refractivity contribution in [1.29, 1.82) is 0 Å². The van der Waals surface area contributed by atoms with Crippen molar-refractivity contribution < 1.29 is 40.6 Å². The zero-order valence-corrected chi connectivity index (χ0v) is 16.8. The van der Waals surface area contributed by atoms with Gasteiger partial charge in [0.1, 0.15) is 0 Å². The van der Waals surface area contributed by atoms with Gasteiger partial charge in [-0.3, -0.25) is 4.79 Å². The van der Waals surface area contributed by atoms with Crippen LogP contribution < -0.4 is 10.6 Å². The SMILES string of the molecule is CC(C)(O)CC(=O)N[C@@H]1CC[C@H]2c3ccc(C(F)(C(F)(F)F)C(F)(F)F)cc3NC[C@@H]12. The standard InChI is InChI=1S/C20H23F7N2O2/c1-17(2,31)8-16(30)29-14-6-5-11-12-4-3-10(7-15(12)28-9-13(11)14)18(21,19(22,23)24)20(25,26)27/h3-4,7,11,13-14,28,31H,5-6,8-9H2,1-2H3,(H,29,30)/t11-,13+,14+/m0/s1. The lowest BCUT2D eigenvalue weighted by molar-refractivity contribution is -0.348. The van der Waals surface area contributed by atoms with Crippen LogP contribution in [0, 0.1) is 5.92 Å². The van der Waals surface area contributed by atoms with Gasteiger partial charge in [-0.25, -0.2) is 4.39 Å². The second-order valence-corrected chi connectivity index (χ2v) is 8.85. The van der Waals surface area contributed by atoms with Gasteiger partial charge in [0.05, 0.1) is 12.0 Å². The van der Waals surface area contributed by atoms with Crippen molar-refractivity contribution in [3.8, 4) is 0 Å². The van der Waals surface area contributed by atoms with Crippen LogP contribution in [-0.2, 0) is 10.5 Å². The van der Waals surface area contributed by atoms with E-state index in [1.165, 1.54) is 13.8 Å². The molecule has 0 spiro atoms. The molecule has 2 aliphatic rings. The van der Waals surface area contributed by atoms with Gasteiger partial charge in [-0.1, -0.05) is 12.1 Å². The van der Waals surface area contributed by atoms with Gasteiger partial charge in [0.25, 0.3) is 0 Å². The topological polar surface area (TPSA) is 61.4 Å². The van der Waals surface area contributed by atoms with E-state index in [2.05, 4.69) is 10.6 Å². The first-order valence-corrected chi connectivity index (χ1v) is 9.77. The molecule has 0 saturated heterocycles. The van der Waals surface area contributed by atoms with Crippen LogP contribution in [0.2, 0.25) is 0 Å². The third-order valence-corrected chi connectivity index (χ3v) is 5.92. The van der Waals surface area contributed by atoms with E-state index in [9.17, 15) is 40.6 Å². The fraction of sp³-hybridized carbons (Fsp3) is 0.650. The summed E-state index contributed by atoms with van der Waals surface area (Å²) in [5, 5.41) is 15.4. The molecule has 31 heavy (non-hydrogen) atoms. The Morgan fingerprint density at radius 3 is 2.26 bits per heavy atom. The Morgan fingerprint density at radius 2 is 1.71 bits per heavy atom. The molecule has 1 amide bonds. The highest BCUT2D eigenvalue weighted by molar-refractivity contribution is 5.77. The van der Waals surface area contributed by atoms with Gasteiger partial charge in [0, 0.05) is 29.8 Å². The third kappa shape index (κ3) is 4.33. The predicted molar refractivity (Wildman–Crippen MR) is 98.1 cm³/mol. The highest BCUT2D eigenvalue weighted by Gasteiger charge is 2.73. The minimum Gasteiger partial charge on any atom is -0.390 e. The number of fused-ring (bicyclic) bond motifs is 3. The average Bonchev–Trinajstić information content (AvgIpc) is 3.00. The molecule has 1 heterocycles. The molecule has 1 aliphatic heterocycles. The minimum absolute atomic E-state index is 0.0257. The molecule has 1 aromatic rings. The second-order valence-electron chi connectivity index (χ2n) is 8.85. The number of carbonyl (C=O) groups excluding carboxylic acids is 1. The Bertz CT molecular complexity index is 831. The lowest BCUT2D eigenvalue weighted by Gasteiger charge is -2.35. The van der Waals surface area contributed by atoms with Crippen molar-refractivity contribution in [2.75, 3.05) is 11.9 Å². The zero-order chi connectivity index (χ0) is 23.4. The van der Waals surface area contributed by atoms with Crippen molar-refractivity contribution in [3.63, 3.8) is 0 Å². The van der Waals surface area contributed by atoms with Gasteiger partial charge < -0.3 is 15.7 Å².